The molecule has 1 N–H and O–H groups in total. The SMILES string of the molecule is COc1ccc(CNCCC2CCC(=O)N2CC(c2ccccn2)N2CCOCC2)cc1. The van der Waals surface area contributed by atoms with Gasteiger partial charge in [-0.3, -0.25) is 14.7 Å². The van der Waals surface area contributed by atoms with E-state index in [4.69, 9.17) is 9.47 Å². The Labute approximate surface area is 190 Å². The van der Waals surface area contributed by atoms with Crippen molar-refractivity contribution in [2.24, 2.45) is 0 Å². The molecule has 0 bridgehead atoms. The Morgan fingerprint density at radius 3 is 2.72 bits per heavy atom. The predicted octanol–water partition coefficient (Wildman–Crippen LogP) is 2.63. The molecule has 1 aromatic carbocycles. The third-order valence-corrected chi connectivity index (χ3v) is 6.48. The number of likely N-dealkylation sites (tertiary alicyclic amines) is 1. The van der Waals surface area contributed by atoms with Crippen molar-refractivity contribution in [1.82, 2.24) is 20.1 Å². The van der Waals surface area contributed by atoms with Gasteiger partial charge in [0.05, 0.1) is 32.1 Å². The first kappa shape index (κ1) is 22.7. The number of pyridine rings is 1. The number of hydrogen-bond donors (Lipinski definition) is 1. The van der Waals surface area contributed by atoms with Gasteiger partial charge < -0.3 is 19.7 Å². The zero-order valence-corrected chi connectivity index (χ0v) is 18.9. The number of amides is 1. The fourth-order valence-electron chi connectivity index (χ4n) is 4.63. The second-order valence-electron chi connectivity index (χ2n) is 8.47. The van der Waals surface area contributed by atoms with Crippen LogP contribution in [-0.4, -0.2) is 73.2 Å². The molecule has 2 saturated heterocycles. The maximum Gasteiger partial charge on any atom is 0.222 e. The standard InChI is InChI=1S/C25H34N4O3/c1-31-22-8-5-20(6-9-22)18-26-13-11-21-7-10-25(30)29(21)19-24(23-4-2-3-12-27-23)28-14-16-32-17-15-28/h2-6,8-9,12,21,24,26H,7,10-11,13-19H2,1H3. The molecule has 2 fully saturated rings. The van der Waals surface area contributed by atoms with E-state index in [0.29, 0.717) is 13.0 Å². The van der Waals surface area contributed by atoms with Crippen molar-refractivity contribution in [3.8, 4) is 5.75 Å². The first-order chi connectivity index (χ1) is 15.7. The summed E-state index contributed by atoms with van der Waals surface area (Å²) in [7, 11) is 1.68. The number of ether oxygens (including phenoxy) is 2. The van der Waals surface area contributed by atoms with E-state index in [1.165, 1.54) is 5.56 Å². The van der Waals surface area contributed by atoms with Crippen molar-refractivity contribution < 1.29 is 14.3 Å². The highest BCUT2D eigenvalue weighted by atomic mass is 16.5. The smallest absolute Gasteiger partial charge is 0.222 e. The topological polar surface area (TPSA) is 66.9 Å². The summed E-state index contributed by atoms with van der Waals surface area (Å²) in [5, 5.41) is 3.53. The molecule has 172 valence electrons. The molecule has 0 radical (unpaired) electrons. The van der Waals surface area contributed by atoms with Crippen LogP contribution in [0.25, 0.3) is 0 Å². The summed E-state index contributed by atoms with van der Waals surface area (Å²) in [6.07, 6.45) is 4.37. The number of carbonyl (C=O) groups excluding carboxylic acids is 1. The Kier molecular flexibility index (Phi) is 8.09. The van der Waals surface area contributed by atoms with E-state index in [1.54, 1.807) is 7.11 Å². The lowest BCUT2D eigenvalue weighted by molar-refractivity contribution is -0.130. The Hall–Kier alpha value is -2.48. The zero-order chi connectivity index (χ0) is 22.2. The van der Waals surface area contributed by atoms with Gasteiger partial charge in [0.15, 0.2) is 0 Å². The number of nitrogens with one attached hydrogen (secondary N) is 1. The normalized spacial score (nSPS) is 20.5. The number of morpholine rings is 1. The highest BCUT2D eigenvalue weighted by Gasteiger charge is 2.35. The van der Waals surface area contributed by atoms with Gasteiger partial charge in [-0.05, 0) is 49.2 Å². The van der Waals surface area contributed by atoms with Gasteiger partial charge >= 0.3 is 0 Å². The van der Waals surface area contributed by atoms with E-state index in [2.05, 4.69) is 38.3 Å². The molecule has 2 aliphatic heterocycles. The molecule has 2 aliphatic rings. The molecule has 1 aromatic heterocycles. The van der Waals surface area contributed by atoms with E-state index in [-0.39, 0.29) is 18.0 Å². The first-order valence-corrected chi connectivity index (χ1v) is 11.6. The van der Waals surface area contributed by atoms with Crippen molar-refractivity contribution in [1.29, 1.82) is 0 Å². The molecular weight excluding hydrogens is 404 g/mol. The number of benzene rings is 1. The predicted molar refractivity (Wildman–Crippen MR) is 123 cm³/mol. The minimum Gasteiger partial charge on any atom is -0.497 e. The van der Waals surface area contributed by atoms with Crippen LogP contribution in [0.4, 0.5) is 0 Å². The van der Waals surface area contributed by atoms with Gasteiger partial charge in [0.25, 0.3) is 0 Å². The number of hydrogen-bond acceptors (Lipinski definition) is 6. The Bertz CT molecular complexity index is 840. The van der Waals surface area contributed by atoms with Crippen LogP contribution in [-0.2, 0) is 16.1 Å². The third kappa shape index (κ3) is 5.85. The van der Waals surface area contributed by atoms with E-state index in [1.807, 2.05) is 30.5 Å². The Balaban J connectivity index is 1.34. The number of nitrogens with zero attached hydrogens (tertiary/aromatic N) is 3. The van der Waals surface area contributed by atoms with Gasteiger partial charge in [-0.25, -0.2) is 0 Å². The summed E-state index contributed by atoms with van der Waals surface area (Å²) >= 11 is 0. The fraction of sp³-hybridized carbons (Fsp3) is 0.520. The van der Waals surface area contributed by atoms with Crippen LogP contribution in [0, 0.1) is 0 Å². The van der Waals surface area contributed by atoms with Gasteiger partial charge in [0.1, 0.15) is 5.75 Å². The van der Waals surface area contributed by atoms with Gasteiger partial charge in [0, 0.05) is 44.8 Å². The molecule has 2 aromatic rings. The van der Waals surface area contributed by atoms with Gasteiger partial charge in [-0.1, -0.05) is 18.2 Å². The molecule has 7 heteroatoms. The molecule has 1 amide bonds. The molecule has 7 nitrogen and oxygen atoms in total. The number of carbonyl (C=O) groups is 1. The zero-order valence-electron chi connectivity index (χ0n) is 18.9. The Morgan fingerprint density at radius 2 is 2.00 bits per heavy atom. The second kappa shape index (κ2) is 11.4. The summed E-state index contributed by atoms with van der Waals surface area (Å²) < 4.78 is 10.8. The molecule has 2 atom stereocenters. The number of aromatic nitrogens is 1. The highest BCUT2D eigenvalue weighted by molar-refractivity contribution is 5.78. The first-order valence-electron chi connectivity index (χ1n) is 11.6. The molecule has 32 heavy (non-hydrogen) atoms. The maximum absolute atomic E-state index is 12.8. The summed E-state index contributed by atoms with van der Waals surface area (Å²) in [5.41, 5.74) is 2.26. The van der Waals surface area contributed by atoms with Crippen LogP contribution in [0.15, 0.2) is 48.7 Å². The molecule has 0 aliphatic carbocycles. The van der Waals surface area contributed by atoms with Gasteiger partial charge in [0.2, 0.25) is 5.91 Å². The average Bonchev–Trinajstić information content (AvgIpc) is 3.20. The second-order valence-corrected chi connectivity index (χ2v) is 8.47. The Morgan fingerprint density at radius 1 is 1.19 bits per heavy atom. The summed E-state index contributed by atoms with van der Waals surface area (Å²) in [6.45, 7) is 5.60. The molecular formula is C25H34N4O3. The van der Waals surface area contributed by atoms with Gasteiger partial charge in [-0.15, -0.1) is 0 Å². The van der Waals surface area contributed by atoms with Crippen LogP contribution >= 0.6 is 0 Å². The van der Waals surface area contributed by atoms with Crippen LogP contribution in [0.2, 0.25) is 0 Å². The average molecular weight is 439 g/mol. The van der Waals surface area contributed by atoms with Crippen LogP contribution < -0.4 is 10.1 Å². The monoisotopic (exact) mass is 438 g/mol. The third-order valence-electron chi connectivity index (χ3n) is 6.48. The summed E-state index contributed by atoms with van der Waals surface area (Å²) in [6, 6.07) is 14.6. The minimum absolute atomic E-state index is 0.108. The maximum atomic E-state index is 12.8. The van der Waals surface area contributed by atoms with Crippen LogP contribution in [0.5, 0.6) is 5.75 Å². The van der Waals surface area contributed by atoms with Crippen LogP contribution in [0.3, 0.4) is 0 Å². The molecule has 0 spiro atoms. The van der Waals surface area contributed by atoms with Crippen molar-refractivity contribution in [3.63, 3.8) is 0 Å². The van der Waals surface area contributed by atoms with Crippen molar-refractivity contribution >= 4 is 5.91 Å². The lowest BCUT2D eigenvalue weighted by Gasteiger charge is -2.37. The molecule has 0 saturated carbocycles. The molecule has 3 heterocycles. The number of methoxy groups -OCH3 is 1. The van der Waals surface area contributed by atoms with E-state index < -0.39 is 0 Å². The highest BCUT2D eigenvalue weighted by Crippen LogP contribution is 2.28. The van der Waals surface area contributed by atoms with E-state index >= 15 is 0 Å². The lowest BCUT2D eigenvalue weighted by Crippen LogP contribution is -2.46. The van der Waals surface area contributed by atoms with Crippen molar-refractivity contribution in [2.45, 2.75) is 37.9 Å². The van der Waals surface area contributed by atoms with Crippen molar-refractivity contribution in [2.75, 3.05) is 46.5 Å². The van der Waals surface area contributed by atoms with Gasteiger partial charge in [-0.2, -0.15) is 0 Å². The largest absolute Gasteiger partial charge is 0.497 e. The van der Waals surface area contributed by atoms with Crippen molar-refractivity contribution in [3.05, 3.63) is 59.9 Å². The van der Waals surface area contributed by atoms with E-state index in [9.17, 15) is 4.79 Å². The fourth-order valence-corrected chi connectivity index (χ4v) is 4.63. The lowest BCUT2D eigenvalue weighted by atomic mass is 10.1. The molecule has 2 unspecified atom stereocenters. The summed E-state index contributed by atoms with van der Waals surface area (Å²) in [5.74, 6) is 1.14. The quantitative estimate of drug-likeness (QED) is 0.576. The molecule has 4 rings (SSSR count). The van der Waals surface area contributed by atoms with Crippen LogP contribution in [0.1, 0.15) is 36.6 Å². The summed E-state index contributed by atoms with van der Waals surface area (Å²) in [4.78, 5) is 21.9. The number of rotatable bonds is 10. The van der Waals surface area contributed by atoms with E-state index in [0.717, 1.165) is 63.7 Å². The minimum atomic E-state index is 0.108.